The maximum Gasteiger partial charge on any atom is 0.0857 e. The summed E-state index contributed by atoms with van der Waals surface area (Å²) in [5.74, 6) is 0. The number of hydrogen-bond acceptors (Lipinski definition) is 2. The van der Waals surface area contributed by atoms with Gasteiger partial charge in [-0.3, -0.25) is 0 Å². The molecule has 0 saturated carbocycles. The van der Waals surface area contributed by atoms with Gasteiger partial charge in [0.15, 0.2) is 0 Å². The SMILES string of the molecule is CC(OCCC[Si](C)(C)C)C(O)C(C)(CC(C)(C)C)C(C)(C)C. The second-order valence-electron chi connectivity index (χ2n) is 11.1. The summed E-state index contributed by atoms with van der Waals surface area (Å²) in [6, 6.07) is 1.29. The maximum atomic E-state index is 11.1. The molecule has 0 aliphatic heterocycles. The van der Waals surface area contributed by atoms with Crippen LogP contribution in [0, 0.1) is 16.2 Å². The average Bonchev–Trinajstić information content (AvgIpc) is 2.28. The van der Waals surface area contributed by atoms with Crippen molar-refractivity contribution in [1.29, 1.82) is 0 Å². The zero-order valence-electron chi connectivity index (χ0n) is 17.8. The van der Waals surface area contributed by atoms with E-state index in [2.05, 4.69) is 68.1 Å². The molecule has 0 amide bonds. The van der Waals surface area contributed by atoms with E-state index < -0.39 is 14.2 Å². The Bertz CT molecular complexity index is 346. The Labute approximate surface area is 147 Å². The van der Waals surface area contributed by atoms with E-state index in [0.29, 0.717) is 0 Å². The minimum absolute atomic E-state index is 0.0235. The van der Waals surface area contributed by atoms with Gasteiger partial charge in [-0.15, -0.1) is 0 Å². The Kier molecular flexibility index (Phi) is 8.06. The quantitative estimate of drug-likeness (QED) is 0.434. The lowest BCUT2D eigenvalue weighted by Gasteiger charge is -2.50. The minimum Gasteiger partial charge on any atom is -0.390 e. The summed E-state index contributed by atoms with van der Waals surface area (Å²) in [5, 5.41) is 11.1. The van der Waals surface area contributed by atoms with Crippen LogP contribution < -0.4 is 0 Å². The highest BCUT2D eigenvalue weighted by Gasteiger charge is 2.47. The molecule has 0 aromatic heterocycles. The summed E-state index contributed by atoms with van der Waals surface area (Å²) in [7, 11) is -0.997. The molecular formula is C20H44O2Si. The number of hydrogen-bond donors (Lipinski definition) is 1. The van der Waals surface area contributed by atoms with Gasteiger partial charge in [-0.05, 0) is 30.6 Å². The summed E-state index contributed by atoms with van der Waals surface area (Å²) >= 11 is 0. The van der Waals surface area contributed by atoms with E-state index in [1.165, 1.54) is 6.04 Å². The van der Waals surface area contributed by atoms with E-state index in [0.717, 1.165) is 19.4 Å². The summed E-state index contributed by atoms with van der Waals surface area (Å²) in [5.41, 5.74) is 0.0274. The molecule has 3 heteroatoms. The number of rotatable bonds is 8. The van der Waals surface area contributed by atoms with E-state index in [1.54, 1.807) is 0 Å². The number of aliphatic hydroxyl groups is 1. The molecule has 3 atom stereocenters. The van der Waals surface area contributed by atoms with Crippen LogP contribution in [-0.4, -0.2) is 32.0 Å². The normalized spacial score (nSPS) is 19.3. The number of aliphatic hydroxyl groups excluding tert-OH is 1. The Hall–Kier alpha value is 0.137. The molecule has 0 aromatic carbocycles. The van der Waals surface area contributed by atoms with E-state index in [1.807, 2.05) is 6.92 Å². The molecule has 0 spiro atoms. The average molecular weight is 345 g/mol. The van der Waals surface area contributed by atoms with E-state index >= 15 is 0 Å². The van der Waals surface area contributed by atoms with Crippen LogP contribution in [0.15, 0.2) is 0 Å². The summed E-state index contributed by atoms with van der Waals surface area (Å²) < 4.78 is 6.03. The number of ether oxygens (including phenoxy) is 1. The van der Waals surface area contributed by atoms with Crippen molar-refractivity contribution in [2.45, 2.75) is 106 Å². The van der Waals surface area contributed by atoms with Crippen LogP contribution in [0.4, 0.5) is 0 Å². The molecule has 0 aromatic rings. The van der Waals surface area contributed by atoms with Gasteiger partial charge in [0, 0.05) is 20.1 Å². The lowest BCUT2D eigenvalue weighted by atomic mass is 9.58. The molecule has 0 bridgehead atoms. The fourth-order valence-electron chi connectivity index (χ4n) is 3.40. The third-order valence-electron chi connectivity index (χ3n) is 5.16. The molecule has 3 unspecified atom stereocenters. The first kappa shape index (κ1) is 23.1. The molecule has 0 aliphatic carbocycles. The predicted octanol–water partition coefficient (Wildman–Crippen LogP) is 5.97. The van der Waals surface area contributed by atoms with Gasteiger partial charge >= 0.3 is 0 Å². The smallest absolute Gasteiger partial charge is 0.0857 e. The summed E-state index contributed by atoms with van der Waals surface area (Å²) in [6.45, 7) is 25.7. The lowest BCUT2D eigenvalue weighted by Crippen LogP contribution is -2.51. The third-order valence-corrected chi connectivity index (χ3v) is 7.01. The topological polar surface area (TPSA) is 29.5 Å². The van der Waals surface area contributed by atoms with Crippen LogP contribution >= 0.6 is 0 Å². The van der Waals surface area contributed by atoms with Crippen molar-refractivity contribution in [2.24, 2.45) is 16.2 Å². The standard InChI is InChI=1S/C20H44O2Si/c1-16(22-13-12-14-23(9,10)11)17(21)20(8,19(5,6)7)15-18(2,3)4/h16-17,21H,12-15H2,1-11H3. The second kappa shape index (κ2) is 8.01. The highest BCUT2D eigenvalue weighted by molar-refractivity contribution is 6.76. The fraction of sp³-hybridized carbons (Fsp3) is 1.00. The molecule has 2 nitrogen and oxygen atoms in total. The minimum atomic E-state index is -0.997. The van der Waals surface area contributed by atoms with Gasteiger partial charge in [-0.1, -0.05) is 74.2 Å². The first-order valence-electron chi connectivity index (χ1n) is 9.29. The summed E-state index contributed by atoms with van der Waals surface area (Å²) in [4.78, 5) is 0. The molecule has 0 heterocycles. The van der Waals surface area contributed by atoms with Gasteiger partial charge in [0.25, 0.3) is 0 Å². The highest BCUT2D eigenvalue weighted by atomic mass is 28.3. The highest BCUT2D eigenvalue weighted by Crippen LogP contribution is 2.49. The van der Waals surface area contributed by atoms with Gasteiger partial charge < -0.3 is 9.84 Å². The van der Waals surface area contributed by atoms with Gasteiger partial charge in [-0.2, -0.15) is 0 Å². The first-order valence-corrected chi connectivity index (χ1v) is 13.0. The van der Waals surface area contributed by atoms with Crippen molar-refractivity contribution < 1.29 is 9.84 Å². The molecule has 0 fully saturated rings. The maximum absolute atomic E-state index is 11.1. The third kappa shape index (κ3) is 8.17. The molecule has 1 N–H and O–H groups in total. The molecule has 23 heavy (non-hydrogen) atoms. The van der Waals surface area contributed by atoms with Crippen LogP contribution in [0.25, 0.3) is 0 Å². The Morgan fingerprint density at radius 3 is 1.78 bits per heavy atom. The van der Waals surface area contributed by atoms with Gasteiger partial charge in [-0.25, -0.2) is 0 Å². The molecule has 0 rings (SSSR count). The molecular weight excluding hydrogens is 300 g/mol. The van der Waals surface area contributed by atoms with Crippen LogP contribution in [0.3, 0.4) is 0 Å². The Morgan fingerprint density at radius 1 is 0.957 bits per heavy atom. The monoisotopic (exact) mass is 344 g/mol. The van der Waals surface area contributed by atoms with Gasteiger partial charge in [0.1, 0.15) is 0 Å². The predicted molar refractivity (Wildman–Crippen MR) is 106 cm³/mol. The van der Waals surface area contributed by atoms with E-state index in [9.17, 15) is 5.11 Å². The lowest BCUT2D eigenvalue weighted by molar-refractivity contribution is -0.134. The van der Waals surface area contributed by atoms with Crippen LogP contribution in [-0.2, 0) is 4.74 Å². The zero-order valence-corrected chi connectivity index (χ0v) is 18.8. The van der Waals surface area contributed by atoms with Crippen LogP contribution in [0.2, 0.25) is 25.7 Å². The second-order valence-corrected chi connectivity index (χ2v) is 16.7. The fourth-order valence-corrected chi connectivity index (χ4v) is 4.60. The molecule has 0 aliphatic rings. The van der Waals surface area contributed by atoms with Crippen molar-refractivity contribution in [1.82, 2.24) is 0 Å². The summed E-state index contributed by atoms with van der Waals surface area (Å²) in [6.07, 6.45) is 1.52. The van der Waals surface area contributed by atoms with E-state index in [-0.39, 0.29) is 22.3 Å². The van der Waals surface area contributed by atoms with Gasteiger partial charge in [0.2, 0.25) is 0 Å². The Balaban J connectivity index is 4.86. The Morgan fingerprint density at radius 2 is 1.43 bits per heavy atom. The molecule has 140 valence electrons. The first-order chi connectivity index (χ1) is 10.00. The van der Waals surface area contributed by atoms with Crippen molar-refractivity contribution >= 4 is 8.07 Å². The van der Waals surface area contributed by atoms with Crippen molar-refractivity contribution in [3.05, 3.63) is 0 Å². The zero-order chi connectivity index (χ0) is 18.7. The molecule has 0 saturated heterocycles. The van der Waals surface area contributed by atoms with E-state index in [4.69, 9.17) is 4.74 Å². The van der Waals surface area contributed by atoms with Crippen LogP contribution in [0.5, 0.6) is 0 Å². The van der Waals surface area contributed by atoms with Crippen LogP contribution in [0.1, 0.15) is 68.2 Å². The largest absolute Gasteiger partial charge is 0.390 e. The van der Waals surface area contributed by atoms with Crippen molar-refractivity contribution in [3.63, 3.8) is 0 Å². The van der Waals surface area contributed by atoms with Gasteiger partial charge in [0.05, 0.1) is 12.2 Å². The molecule has 0 radical (unpaired) electrons. The van der Waals surface area contributed by atoms with Crippen molar-refractivity contribution in [3.8, 4) is 0 Å². The van der Waals surface area contributed by atoms with Crippen molar-refractivity contribution in [2.75, 3.05) is 6.61 Å².